The van der Waals surface area contributed by atoms with Gasteiger partial charge in [-0.25, -0.2) is 0 Å². The van der Waals surface area contributed by atoms with Crippen molar-refractivity contribution in [2.45, 2.75) is 51.9 Å². The van der Waals surface area contributed by atoms with Crippen LogP contribution < -0.4 is 5.32 Å². The Morgan fingerprint density at radius 2 is 2.05 bits per heavy atom. The van der Waals surface area contributed by atoms with Gasteiger partial charge in [0.1, 0.15) is 0 Å². The molecule has 0 radical (unpaired) electrons. The SMILES string of the molecule is CCOC(C)CN1C(=O)C(CCc2ccccc2)NC1C. The molecule has 0 bridgehead atoms. The van der Waals surface area contributed by atoms with E-state index >= 15 is 0 Å². The summed E-state index contributed by atoms with van der Waals surface area (Å²) in [4.78, 5) is 14.4. The smallest absolute Gasteiger partial charge is 0.241 e. The van der Waals surface area contributed by atoms with Crippen molar-refractivity contribution in [1.29, 1.82) is 0 Å². The highest BCUT2D eigenvalue weighted by Crippen LogP contribution is 2.16. The second kappa shape index (κ2) is 7.57. The number of nitrogens with one attached hydrogen (secondary N) is 1. The summed E-state index contributed by atoms with van der Waals surface area (Å²) in [5.41, 5.74) is 1.28. The summed E-state index contributed by atoms with van der Waals surface area (Å²) in [6.45, 7) is 7.37. The Balaban J connectivity index is 1.87. The minimum Gasteiger partial charge on any atom is -0.377 e. The van der Waals surface area contributed by atoms with E-state index in [1.54, 1.807) is 0 Å². The zero-order chi connectivity index (χ0) is 15.2. The maximum absolute atomic E-state index is 12.5. The van der Waals surface area contributed by atoms with Crippen molar-refractivity contribution < 1.29 is 9.53 Å². The molecule has 1 fully saturated rings. The third-order valence-electron chi connectivity index (χ3n) is 3.96. The molecule has 0 aliphatic carbocycles. The van der Waals surface area contributed by atoms with E-state index in [2.05, 4.69) is 17.4 Å². The van der Waals surface area contributed by atoms with Gasteiger partial charge in [-0.3, -0.25) is 10.1 Å². The average Bonchev–Trinajstić information content (AvgIpc) is 2.74. The van der Waals surface area contributed by atoms with Gasteiger partial charge in [0.15, 0.2) is 0 Å². The number of hydrogen-bond donors (Lipinski definition) is 1. The highest BCUT2D eigenvalue weighted by Gasteiger charge is 2.36. The standard InChI is InChI=1S/C17H26N2O2/c1-4-21-13(2)12-19-14(3)18-16(17(19)20)11-10-15-8-6-5-7-9-15/h5-9,13-14,16,18H,4,10-12H2,1-3H3. The molecule has 1 aliphatic heterocycles. The number of rotatable bonds is 7. The average molecular weight is 290 g/mol. The van der Waals surface area contributed by atoms with Crippen LogP contribution >= 0.6 is 0 Å². The van der Waals surface area contributed by atoms with Crippen LogP contribution in [0.3, 0.4) is 0 Å². The predicted octanol–water partition coefficient (Wildman–Crippen LogP) is 2.19. The van der Waals surface area contributed by atoms with Gasteiger partial charge >= 0.3 is 0 Å². The Morgan fingerprint density at radius 3 is 2.71 bits per heavy atom. The topological polar surface area (TPSA) is 41.6 Å². The molecule has 4 nitrogen and oxygen atoms in total. The first kappa shape index (κ1) is 16.0. The fraction of sp³-hybridized carbons (Fsp3) is 0.588. The van der Waals surface area contributed by atoms with Crippen molar-refractivity contribution in [3.05, 3.63) is 35.9 Å². The predicted molar refractivity (Wildman–Crippen MR) is 83.9 cm³/mol. The maximum atomic E-state index is 12.5. The molecule has 3 unspecified atom stereocenters. The van der Waals surface area contributed by atoms with Gasteiger partial charge in [-0.2, -0.15) is 0 Å². The third-order valence-corrected chi connectivity index (χ3v) is 3.96. The van der Waals surface area contributed by atoms with E-state index in [-0.39, 0.29) is 24.2 Å². The molecule has 1 saturated heterocycles. The lowest BCUT2D eigenvalue weighted by molar-refractivity contribution is -0.131. The third kappa shape index (κ3) is 4.29. The molecular formula is C17H26N2O2. The summed E-state index contributed by atoms with van der Waals surface area (Å²) in [7, 11) is 0. The number of carbonyl (C=O) groups excluding carboxylic acids is 1. The van der Waals surface area contributed by atoms with Gasteiger partial charge < -0.3 is 9.64 Å². The molecule has 2 rings (SSSR count). The van der Waals surface area contributed by atoms with Crippen molar-refractivity contribution in [3.8, 4) is 0 Å². The van der Waals surface area contributed by atoms with E-state index < -0.39 is 0 Å². The van der Waals surface area contributed by atoms with Gasteiger partial charge in [0.2, 0.25) is 5.91 Å². The van der Waals surface area contributed by atoms with E-state index in [9.17, 15) is 4.79 Å². The summed E-state index contributed by atoms with van der Waals surface area (Å²) in [6, 6.07) is 10.2. The number of carbonyl (C=O) groups is 1. The largest absolute Gasteiger partial charge is 0.377 e. The molecule has 0 spiro atoms. The molecular weight excluding hydrogens is 264 g/mol. The monoisotopic (exact) mass is 290 g/mol. The normalized spacial score (nSPS) is 23.6. The molecule has 1 N–H and O–H groups in total. The van der Waals surface area contributed by atoms with Crippen molar-refractivity contribution in [2.75, 3.05) is 13.2 Å². The van der Waals surface area contributed by atoms with Crippen LogP contribution in [-0.2, 0) is 16.0 Å². The lowest BCUT2D eigenvalue weighted by Gasteiger charge is -2.24. The molecule has 21 heavy (non-hydrogen) atoms. The lowest BCUT2D eigenvalue weighted by atomic mass is 10.1. The van der Waals surface area contributed by atoms with Crippen LogP contribution in [0.2, 0.25) is 0 Å². The molecule has 1 amide bonds. The lowest BCUT2D eigenvalue weighted by Crippen LogP contribution is -2.40. The minimum absolute atomic E-state index is 0.0750. The molecule has 1 heterocycles. The Bertz CT molecular complexity index is 449. The number of nitrogens with zero attached hydrogens (tertiary/aromatic N) is 1. The van der Waals surface area contributed by atoms with Gasteiger partial charge in [-0.1, -0.05) is 30.3 Å². The van der Waals surface area contributed by atoms with Crippen molar-refractivity contribution in [1.82, 2.24) is 10.2 Å². The highest BCUT2D eigenvalue weighted by molar-refractivity contribution is 5.84. The molecule has 0 aromatic heterocycles. The first-order valence-electron chi connectivity index (χ1n) is 7.84. The zero-order valence-corrected chi connectivity index (χ0v) is 13.2. The van der Waals surface area contributed by atoms with Crippen LogP contribution in [0.15, 0.2) is 30.3 Å². The molecule has 1 aliphatic rings. The van der Waals surface area contributed by atoms with E-state index in [1.165, 1.54) is 5.56 Å². The first-order valence-corrected chi connectivity index (χ1v) is 7.84. The molecule has 1 aromatic carbocycles. The summed E-state index contributed by atoms with van der Waals surface area (Å²) in [5, 5.41) is 3.39. The fourth-order valence-electron chi connectivity index (χ4n) is 2.87. The van der Waals surface area contributed by atoms with Gasteiger partial charge in [-0.15, -0.1) is 0 Å². The Kier molecular flexibility index (Phi) is 5.76. The molecule has 3 atom stereocenters. The quantitative estimate of drug-likeness (QED) is 0.837. The van der Waals surface area contributed by atoms with E-state index in [0.29, 0.717) is 13.2 Å². The fourth-order valence-corrected chi connectivity index (χ4v) is 2.87. The number of ether oxygens (including phenoxy) is 1. The Morgan fingerprint density at radius 1 is 1.33 bits per heavy atom. The summed E-state index contributed by atoms with van der Waals surface area (Å²) in [5.74, 6) is 0.199. The molecule has 4 heteroatoms. The van der Waals surface area contributed by atoms with Gasteiger partial charge in [0.05, 0.1) is 18.3 Å². The molecule has 116 valence electrons. The van der Waals surface area contributed by atoms with Crippen LogP contribution in [0.4, 0.5) is 0 Å². The van der Waals surface area contributed by atoms with Crippen molar-refractivity contribution in [2.24, 2.45) is 0 Å². The van der Waals surface area contributed by atoms with Crippen molar-refractivity contribution >= 4 is 5.91 Å². The summed E-state index contributed by atoms with van der Waals surface area (Å²) < 4.78 is 5.54. The summed E-state index contributed by atoms with van der Waals surface area (Å²) in [6.07, 6.45) is 1.93. The zero-order valence-electron chi connectivity index (χ0n) is 13.2. The Hall–Kier alpha value is -1.39. The number of amides is 1. The molecule has 1 aromatic rings. The van der Waals surface area contributed by atoms with Crippen LogP contribution in [0.1, 0.15) is 32.8 Å². The van der Waals surface area contributed by atoms with Gasteiger partial charge in [-0.05, 0) is 39.2 Å². The van der Waals surface area contributed by atoms with Crippen LogP contribution in [0.5, 0.6) is 0 Å². The second-order valence-electron chi connectivity index (χ2n) is 5.68. The number of aryl methyl sites for hydroxylation is 1. The van der Waals surface area contributed by atoms with Crippen LogP contribution in [0, 0.1) is 0 Å². The van der Waals surface area contributed by atoms with Gasteiger partial charge in [0.25, 0.3) is 0 Å². The van der Waals surface area contributed by atoms with Crippen molar-refractivity contribution in [3.63, 3.8) is 0 Å². The maximum Gasteiger partial charge on any atom is 0.241 e. The van der Waals surface area contributed by atoms with E-state index in [0.717, 1.165) is 12.8 Å². The highest BCUT2D eigenvalue weighted by atomic mass is 16.5. The van der Waals surface area contributed by atoms with E-state index in [4.69, 9.17) is 4.74 Å². The number of benzene rings is 1. The van der Waals surface area contributed by atoms with Crippen LogP contribution in [0.25, 0.3) is 0 Å². The number of hydrogen-bond acceptors (Lipinski definition) is 3. The second-order valence-corrected chi connectivity index (χ2v) is 5.68. The van der Waals surface area contributed by atoms with Crippen LogP contribution in [-0.4, -0.2) is 42.3 Å². The summed E-state index contributed by atoms with van der Waals surface area (Å²) >= 11 is 0. The minimum atomic E-state index is -0.0750. The Labute approximate surface area is 127 Å². The first-order chi connectivity index (χ1) is 10.1. The molecule has 0 saturated carbocycles. The van der Waals surface area contributed by atoms with Gasteiger partial charge in [0, 0.05) is 13.2 Å². The van der Waals surface area contributed by atoms with E-state index in [1.807, 2.05) is 43.9 Å².